The second-order valence-corrected chi connectivity index (χ2v) is 5.08. The van der Waals surface area contributed by atoms with Gasteiger partial charge in [0.2, 0.25) is 11.9 Å². The van der Waals surface area contributed by atoms with Crippen LogP contribution in [0.5, 0.6) is 11.5 Å². The van der Waals surface area contributed by atoms with Crippen molar-refractivity contribution in [1.29, 1.82) is 0 Å². The number of nitrogens with one attached hydrogen (secondary N) is 1. The van der Waals surface area contributed by atoms with Crippen molar-refractivity contribution < 1.29 is 14.3 Å². The molecule has 0 atom stereocenters. The van der Waals surface area contributed by atoms with E-state index >= 15 is 0 Å². The van der Waals surface area contributed by atoms with Crippen molar-refractivity contribution in [3.05, 3.63) is 60.2 Å². The molecule has 0 aliphatic carbocycles. The molecule has 0 spiro atoms. The Morgan fingerprint density at radius 1 is 1.09 bits per heavy atom. The number of ether oxygens (including phenoxy) is 1. The monoisotopic (exact) mass is 309 g/mol. The van der Waals surface area contributed by atoms with Gasteiger partial charge >= 0.3 is 0 Å². The highest BCUT2D eigenvalue weighted by Gasteiger charge is 2.22. The van der Waals surface area contributed by atoms with Crippen LogP contribution in [0, 0.1) is 0 Å². The minimum atomic E-state index is -0.416. The molecule has 1 fully saturated rings. The quantitative estimate of drug-likeness (QED) is 0.942. The number of para-hydroxylation sites is 1. The first-order chi connectivity index (χ1) is 11.1. The lowest BCUT2D eigenvalue weighted by Gasteiger charge is -2.08. The van der Waals surface area contributed by atoms with Gasteiger partial charge in [0, 0.05) is 12.6 Å². The van der Waals surface area contributed by atoms with Crippen LogP contribution in [0.25, 0.3) is 0 Å². The van der Waals surface area contributed by atoms with Crippen molar-refractivity contribution in [3.8, 4) is 11.5 Å². The Morgan fingerprint density at radius 2 is 1.74 bits per heavy atom. The highest BCUT2D eigenvalue weighted by Crippen LogP contribution is 2.21. The number of amides is 2. The van der Waals surface area contributed by atoms with Crippen LogP contribution < -0.4 is 10.1 Å². The average molecular weight is 309 g/mol. The average Bonchev–Trinajstić information content (AvgIpc) is 2.86. The molecular weight excluding hydrogens is 294 g/mol. The lowest BCUT2D eigenvalue weighted by molar-refractivity contribution is -0.118. The van der Waals surface area contributed by atoms with Gasteiger partial charge in [0.25, 0.3) is 5.91 Å². The Balaban J connectivity index is 1.71. The van der Waals surface area contributed by atoms with Crippen LogP contribution in [-0.2, 0) is 4.79 Å². The number of carbonyl (C=O) groups is 2. The number of likely N-dealkylation sites (N-methyl/N-ethyl adjacent to an activating group) is 1. The van der Waals surface area contributed by atoms with E-state index in [-0.39, 0.29) is 18.4 Å². The number of nitrogens with zero attached hydrogens (tertiary/aromatic N) is 2. The van der Waals surface area contributed by atoms with E-state index in [9.17, 15) is 9.59 Å². The molecule has 2 amide bonds. The second kappa shape index (κ2) is 6.31. The molecular formula is C17H15N3O3. The van der Waals surface area contributed by atoms with E-state index in [1.54, 1.807) is 36.2 Å². The number of hydrogen-bond acceptors (Lipinski definition) is 3. The molecule has 1 aliphatic heterocycles. The summed E-state index contributed by atoms with van der Waals surface area (Å²) in [5.74, 6) is 1.03. The fraction of sp³-hybridized carbons (Fsp3) is 0.118. The molecule has 2 aromatic carbocycles. The lowest BCUT2D eigenvalue weighted by Crippen LogP contribution is -2.28. The molecule has 0 aromatic heterocycles. The predicted molar refractivity (Wildman–Crippen MR) is 85.5 cm³/mol. The minimum absolute atomic E-state index is 0.175. The van der Waals surface area contributed by atoms with E-state index in [2.05, 4.69) is 10.3 Å². The smallest absolute Gasteiger partial charge is 0.280 e. The maximum Gasteiger partial charge on any atom is 0.280 e. The van der Waals surface area contributed by atoms with E-state index in [1.807, 2.05) is 30.3 Å². The minimum Gasteiger partial charge on any atom is -0.457 e. The van der Waals surface area contributed by atoms with Crippen LogP contribution in [-0.4, -0.2) is 36.3 Å². The SMILES string of the molecule is CN1CC(=O)NC1=NC(=O)c1ccc(Oc2ccccc2)cc1. The van der Waals surface area contributed by atoms with Gasteiger partial charge in [-0.1, -0.05) is 18.2 Å². The summed E-state index contributed by atoms with van der Waals surface area (Å²) >= 11 is 0. The first kappa shape index (κ1) is 14.8. The first-order valence-corrected chi connectivity index (χ1v) is 7.09. The van der Waals surface area contributed by atoms with Gasteiger partial charge < -0.3 is 9.64 Å². The normalized spacial score (nSPS) is 15.6. The zero-order chi connectivity index (χ0) is 16.2. The highest BCUT2D eigenvalue weighted by molar-refractivity contribution is 6.10. The van der Waals surface area contributed by atoms with Crippen LogP contribution in [0.15, 0.2) is 59.6 Å². The van der Waals surface area contributed by atoms with Gasteiger partial charge in [-0.2, -0.15) is 4.99 Å². The summed E-state index contributed by atoms with van der Waals surface area (Å²) in [5.41, 5.74) is 0.424. The van der Waals surface area contributed by atoms with E-state index in [1.165, 1.54) is 0 Å². The Bertz CT molecular complexity index is 754. The molecule has 1 aliphatic rings. The number of aliphatic imine (C=N–C) groups is 1. The van der Waals surface area contributed by atoms with Gasteiger partial charge in [-0.15, -0.1) is 0 Å². The molecule has 0 saturated carbocycles. The molecule has 2 aromatic rings. The summed E-state index contributed by atoms with van der Waals surface area (Å²) in [6, 6.07) is 16.1. The summed E-state index contributed by atoms with van der Waals surface area (Å²) in [6.07, 6.45) is 0. The summed E-state index contributed by atoms with van der Waals surface area (Å²) < 4.78 is 5.67. The largest absolute Gasteiger partial charge is 0.457 e. The van der Waals surface area contributed by atoms with Crippen LogP contribution in [0.3, 0.4) is 0 Å². The van der Waals surface area contributed by atoms with Crippen molar-refractivity contribution >= 4 is 17.8 Å². The van der Waals surface area contributed by atoms with E-state index < -0.39 is 5.91 Å². The number of guanidine groups is 1. The maximum atomic E-state index is 12.1. The zero-order valence-electron chi connectivity index (χ0n) is 12.5. The number of carbonyl (C=O) groups excluding carboxylic acids is 2. The van der Waals surface area contributed by atoms with Crippen molar-refractivity contribution in [2.45, 2.75) is 0 Å². The van der Waals surface area contributed by atoms with Crippen molar-refractivity contribution in [3.63, 3.8) is 0 Å². The van der Waals surface area contributed by atoms with E-state index in [0.717, 1.165) is 5.75 Å². The zero-order valence-corrected chi connectivity index (χ0v) is 12.5. The van der Waals surface area contributed by atoms with Gasteiger partial charge in [-0.25, -0.2) is 0 Å². The van der Waals surface area contributed by atoms with Crippen LogP contribution in [0.1, 0.15) is 10.4 Å². The molecule has 6 heteroatoms. The van der Waals surface area contributed by atoms with Gasteiger partial charge in [-0.05, 0) is 36.4 Å². The maximum absolute atomic E-state index is 12.1. The van der Waals surface area contributed by atoms with E-state index in [0.29, 0.717) is 11.3 Å². The van der Waals surface area contributed by atoms with E-state index in [4.69, 9.17) is 4.74 Å². The fourth-order valence-electron chi connectivity index (χ4n) is 2.11. The first-order valence-electron chi connectivity index (χ1n) is 7.09. The molecule has 0 unspecified atom stereocenters. The van der Waals surface area contributed by atoms with Gasteiger partial charge in [0.1, 0.15) is 11.5 Å². The van der Waals surface area contributed by atoms with Crippen molar-refractivity contribution in [2.75, 3.05) is 13.6 Å². The Kier molecular flexibility index (Phi) is 4.05. The molecule has 1 saturated heterocycles. The van der Waals surface area contributed by atoms with Gasteiger partial charge in [0.15, 0.2) is 0 Å². The number of benzene rings is 2. The number of rotatable bonds is 3. The topological polar surface area (TPSA) is 71.0 Å². The Morgan fingerprint density at radius 3 is 2.35 bits per heavy atom. The highest BCUT2D eigenvalue weighted by atomic mass is 16.5. The molecule has 1 N–H and O–H groups in total. The fourth-order valence-corrected chi connectivity index (χ4v) is 2.11. The van der Waals surface area contributed by atoms with Crippen LogP contribution >= 0.6 is 0 Å². The molecule has 23 heavy (non-hydrogen) atoms. The molecule has 0 radical (unpaired) electrons. The Labute approximate surface area is 133 Å². The summed E-state index contributed by atoms with van der Waals surface area (Å²) in [5, 5.41) is 2.54. The molecule has 116 valence electrons. The van der Waals surface area contributed by atoms with Crippen molar-refractivity contribution in [1.82, 2.24) is 10.2 Å². The summed E-state index contributed by atoms with van der Waals surface area (Å²) in [4.78, 5) is 28.9. The van der Waals surface area contributed by atoms with Crippen LogP contribution in [0.4, 0.5) is 0 Å². The van der Waals surface area contributed by atoms with Gasteiger partial charge in [0.05, 0.1) is 6.54 Å². The third-order valence-electron chi connectivity index (χ3n) is 3.28. The molecule has 0 bridgehead atoms. The molecule has 1 heterocycles. The third kappa shape index (κ3) is 3.55. The molecule has 3 rings (SSSR count). The third-order valence-corrected chi connectivity index (χ3v) is 3.28. The summed E-state index contributed by atoms with van der Waals surface area (Å²) in [7, 11) is 1.70. The van der Waals surface area contributed by atoms with Gasteiger partial charge in [-0.3, -0.25) is 14.9 Å². The number of hydrogen-bond donors (Lipinski definition) is 1. The standard InChI is InChI=1S/C17H15N3O3/c1-20-11-15(21)18-17(20)19-16(22)12-7-9-14(10-8-12)23-13-5-3-2-4-6-13/h2-10H,11H2,1H3,(H,18,19,21,22). The summed E-state index contributed by atoms with van der Waals surface area (Å²) in [6.45, 7) is 0.204. The molecule has 6 nitrogen and oxygen atoms in total. The predicted octanol–water partition coefficient (Wildman–Crippen LogP) is 2.04. The van der Waals surface area contributed by atoms with Crippen molar-refractivity contribution in [2.24, 2.45) is 4.99 Å². The lowest BCUT2D eigenvalue weighted by atomic mass is 10.2. The van der Waals surface area contributed by atoms with Crippen LogP contribution in [0.2, 0.25) is 0 Å². The Hall–Kier alpha value is -3.15. The second-order valence-electron chi connectivity index (χ2n) is 5.08.